The topological polar surface area (TPSA) is 97.1 Å². The third kappa shape index (κ3) is 4.73. The summed E-state index contributed by atoms with van der Waals surface area (Å²) in [7, 11) is 0. The van der Waals surface area contributed by atoms with E-state index in [1.54, 1.807) is 6.26 Å². The van der Waals surface area contributed by atoms with Crippen molar-refractivity contribution >= 4 is 11.7 Å². The Morgan fingerprint density at radius 3 is 2.81 bits per heavy atom. The summed E-state index contributed by atoms with van der Waals surface area (Å²) in [6.45, 7) is 10.9. The van der Waals surface area contributed by atoms with Crippen LogP contribution in [0.3, 0.4) is 0 Å². The number of aromatic nitrogens is 1. The number of nitrogens with one attached hydrogen (secondary N) is 3. The van der Waals surface area contributed by atoms with Crippen molar-refractivity contribution in [1.29, 1.82) is 5.26 Å². The first kappa shape index (κ1) is 21.3. The summed E-state index contributed by atoms with van der Waals surface area (Å²) in [5.41, 5.74) is 3.74. The fourth-order valence-corrected chi connectivity index (χ4v) is 4.44. The molecular weight excluding hydrogens is 394 g/mol. The summed E-state index contributed by atoms with van der Waals surface area (Å²) >= 11 is 0. The van der Waals surface area contributed by atoms with E-state index < -0.39 is 0 Å². The average Bonchev–Trinajstić information content (AvgIpc) is 3.25. The summed E-state index contributed by atoms with van der Waals surface area (Å²) in [5.74, 6) is 1.68. The van der Waals surface area contributed by atoms with Crippen LogP contribution in [0.2, 0.25) is 0 Å². The second kappa shape index (κ2) is 8.69. The zero-order chi connectivity index (χ0) is 22.0. The number of nitrogens with zero attached hydrogens (tertiary/aromatic N) is 2. The zero-order valence-electron chi connectivity index (χ0n) is 18.5. The number of piperazine rings is 1. The van der Waals surface area contributed by atoms with E-state index in [0.29, 0.717) is 19.7 Å². The molecule has 0 unspecified atom stereocenters. The Morgan fingerprint density at radius 1 is 1.35 bits per heavy atom. The standard InChI is InChI=1S/C23H29N5O3/c1-16-20-15-31-23(2,3)11-18(20)19(12-24)22(26-16)28-8-6-27(7-9-28)14-21(29)25-13-17-5-4-10-30-17/h4-5,10H,6-9,11,13-15H2,1-3H3,(H,25,29)/p+2. The van der Waals surface area contributed by atoms with Crippen LogP contribution in [0.15, 0.2) is 22.8 Å². The molecule has 0 bridgehead atoms. The molecule has 4 rings (SSSR count). The van der Waals surface area contributed by atoms with Gasteiger partial charge in [0.25, 0.3) is 11.7 Å². The van der Waals surface area contributed by atoms with Gasteiger partial charge in [-0.3, -0.25) is 4.79 Å². The van der Waals surface area contributed by atoms with Crippen LogP contribution in [0, 0.1) is 18.3 Å². The van der Waals surface area contributed by atoms with Gasteiger partial charge in [-0.2, -0.15) is 5.26 Å². The molecule has 8 nitrogen and oxygen atoms in total. The molecule has 0 atom stereocenters. The summed E-state index contributed by atoms with van der Waals surface area (Å²) in [6, 6.07) is 6.12. The Labute approximate surface area is 182 Å². The number of rotatable bonds is 5. The number of hydrogen-bond donors (Lipinski definition) is 2. The number of fused-ring (bicyclic) bond motifs is 1. The van der Waals surface area contributed by atoms with E-state index >= 15 is 0 Å². The first-order chi connectivity index (χ1) is 14.9. The average molecular weight is 426 g/mol. The number of furan rings is 1. The number of hydrogen-bond acceptors (Lipinski definition) is 5. The maximum Gasteiger partial charge on any atom is 0.293 e. The zero-order valence-corrected chi connectivity index (χ0v) is 18.5. The first-order valence-electron chi connectivity index (χ1n) is 10.9. The quantitative estimate of drug-likeness (QED) is 0.711. The predicted octanol–water partition coefficient (Wildman–Crippen LogP) is 0.146. The van der Waals surface area contributed by atoms with Crippen molar-refractivity contribution in [2.45, 2.75) is 45.9 Å². The van der Waals surface area contributed by atoms with Gasteiger partial charge in [0.1, 0.15) is 49.3 Å². The SMILES string of the molecule is Cc1[nH+]c(N2CC[NH+](CC(=O)NCc3ccco3)CC2)c(C#N)c2c1COC(C)(C)C2. The number of ether oxygens (including phenoxy) is 1. The number of carbonyl (C=O) groups is 1. The molecule has 31 heavy (non-hydrogen) atoms. The van der Waals surface area contributed by atoms with Crippen molar-refractivity contribution in [3.8, 4) is 6.07 Å². The van der Waals surface area contributed by atoms with Crippen molar-refractivity contribution in [3.05, 3.63) is 46.5 Å². The second-order valence-corrected chi connectivity index (χ2v) is 9.04. The highest BCUT2D eigenvalue weighted by Gasteiger charge is 2.36. The van der Waals surface area contributed by atoms with Gasteiger partial charge in [-0.25, -0.2) is 9.88 Å². The van der Waals surface area contributed by atoms with E-state index in [-0.39, 0.29) is 11.5 Å². The van der Waals surface area contributed by atoms with E-state index in [1.165, 1.54) is 4.90 Å². The molecule has 0 aromatic carbocycles. The second-order valence-electron chi connectivity index (χ2n) is 9.04. The number of aromatic amines is 1. The smallest absolute Gasteiger partial charge is 0.293 e. The number of amides is 1. The monoisotopic (exact) mass is 425 g/mol. The van der Waals surface area contributed by atoms with Crippen LogP contribution >= 0.6 is 0 Å². The van der Waals surface area contributed by atoms with Gasteiger partial charge in [-0.05, 0) is 38.5 Å². The lowest BCUT2D eigenvalue weighted by atomic mass is 9.88. The maximum atomic E-state index is 12.3. The van der Waals surface area contributed by atoms with Gasteiger partial charge < -0.3 is 19.4 Å². The number of nitriles is 1. The lowest BCUT2D eigenvalue weighted by Gasteiger charge is -2.34. The molecule has 8 heteroatoms. The minimum atomic E-state index is -0.268. The van der Waals surface area contributed by atoms with Crippen molar-refractivity contribution in [1.82, 2.24) is 5.32 Å². The van der Waals surface area contributed by atoms with Crippen LogP contribution in [0.25, 0.3) is 0 Å². The Hall–Kier alpha value is -2.89. The Balaban J connectivity index is 1.40. The molecule has 0 saturated carbocycles. The van der Waals surface area contributed by atoms with Crippen LogP contribution in [0.5, 0.6) is 0 Å². The molecule has 3 N–H and O–H groups in total. The highest BCUT2D eigenvalue weighted by molar-refractivity contribution is 5.76. The maximum absolute atomic E-state index is 12.3. The Bertz CT molecular complexity index is 986. The molecule has 0 spiro atoms. The van der Waals surface area contributed by atoms with Crippen molar-refractivity contribution in [2.24, 2.45) is 0 Å². The highest BCUT2D eigenvalue weighted by Crippen LogP contribution is 2.33. The van der Waals surface area contributed by atoms with E-state index in [1.807, 2.05) is 12.1 Å². The van der Waals surface area contributed by atoms with E-state index in [4.69, 9.17) is 9.15 Å². The van der Waals surface area contributed by atoms with Crippen LogP contribution in [-0.2, 0) is 29.1 Å². The predicted molar refractivity (Wildman–Crippen MR) is 113 cm³/mol. The van der Waals surface area contributed by atoms with Crippen molar-refractivity contribution in [3.63, 3.8) is 0 Å². The van der Waals surface area contributed by atoms with Gasteiger partial charge in [0.05, 0.1) is 25.0 Å². The van der Waals surface area contributed by atoms with Crippen LogP contribution in [0.4, 0.5) is 5.82 Å². The molecule has 0 radical (unpaired) electrons. The number of quaternary nitrogens is 1. The number of carbonyl (C=O) groups excluding carboxylic acids is 1. The molecule has 2 aromatic heterocycles. The largest absolute Gasteiger partial charge is 0.467 e. The summed E-state index contributed by atoms with van der Waals surface area (Å²) in [6.07, 6.45) is 2.34. The van der Waals surface area contributed by atoms with Crippen molar-refractivity contribution < 1.29 is 23.8 Å². The van der Waals surface area contributed by atoms with Crippen LogP contribution in [-0.4, -0.2) is 44.2 Å². The van der Waals surface area contributed by atoms with Crippen LogP contribution in [0.1, 0.15) is 42.0 Å². The minimum Gasteiger partial charge on any atom is -0.467 e. The molecule has 2 aliphatic heterocycles. The summed E-state index contributed by atoms with van der Waals surface area (Å²) in [5, 5.41) is 12.9. The Kier molecular flexibility index (Phi) is 5.99. The number of H-pyrrole nitrogens is 1. The molecule has 2 aromatic rings. The van der Waals surface area contributed by atoms with Gasteiger partial charge in [0, 0.05) is 12.0 Å². The van der Waals surface area contributed by atoms with Crippen LogP contribution < -0.4 is 20.1 Å². The third-order valence-corrected chi connectivity index (χ3v) is 6.22. The summed E-state index contributed by atoms with van der Waals surface area (Å²) < 4.78 is 11.2. The van der Waals surface area contributed by atoms with Gasteiger partial charge in [-0.15, -0.1) is 0 Å². The number of anilines is 1. The van der Waals surface area contributed by atoms with Crippen molar-refractivity contribution in [2.75, 3.05) is 37.6 Å². The number of pyridine rings is 1. The molecule has 0 aliphatic carbocycles. The molecule has 2 aliphatic rings. The number of aryl methyl sites for hydroxylation is 1. The lowest BCUT2D eigenvalue weighted by molar-refractivity contribution is -0.892. The van der Waals surface area contributed by atoms with Gasteiger partial charge >= 0.3 is 0 Å². The first-order valence-corrected chi connectivity index (χ1v) is 10.9. The van der Waals surface area contributed by atoms with Gasteiger partial charge in [0.2, 0.25) is 0 Å². The fraction of sp³-hybridized carbons (Fsp3) is 0.522. The fourth-order valence-electron chi connectivity index (χ4n) is 4.44. The van der Waals surface area contributed by atoms with E-state index in [9.17, 15) is 10.1 Å². The van der Waals surface area contributed by atoms with Gasteiger partial charge in [-0.1, -0.05) is 0 Å². The molecular formula is C23H31N5O3+2. The molecule has 1 amide bonds. The van der Waals surface area contributed by atoms with E-state index in [0.717, 1.165) is 66.6 Å². The normalized spacial score (nSPS) is 18.3. The van der Waals surface area contributed by atoms with Gasteiger partial charge in [0.15, 0.2) is 6.54 Å². The highest BCUT2D eigenvalue weighted by atomic mass is 16.5. The van der Waals surface area contributed by atoms with E-state index in [2.05, 4.69) is 42.0 Å². The third-order valence-electron chi connectivity index (χ3n) is 6.22. The Morgan fingerprint density at radius 2 is 2.13 bits per heavy atom. The minimum absolute atomic E-state index is 0.0241. The molecule has 1 fully saturated rings. The molecule has 164 valence electrons. The molecule has 1 saturated heterocycles. The summed E-state index contributed by atoms with van der Waals surface area (Å²) in [4.78, 5) is 19.2. The lowest BCUT2D eigenvalue weighted by Crippen LogP contribution is -3.16. The molecule has 4 heterocycles.